The lowest BCUT2D eigenvalue weighted by molar-refractivity contribution is -0.122. The number of carbonyl (C=O) groups excluding carboxylic acids is 1. The molecule has 1 unspecified atom stereocenters. The standard InChI is InChI=1S/C18H26FN3O3S/c1-14(15-3-4-15)20-18(23)13-21-9-2-10-22(12-11-21)26(24,25)17-7-5-16(19)6-8-17/h5-8,14-15H,2-4,9-13H2,1H3,(H,20,23). The zero-order valence-corrected chi connectivity index (χ0v) is 15.8. The van der Waals surface area contributed by atoms with Gasteiger partial charge < -0.3 is 5.32 Å². The number of rotatable bonds is 6. The summed E-state index contributed by atoms with van der Waals surface area (Å²) in [6.07, 6.45) is 3.02. The van der Waals surface area contributed by atoms with Crippen molar-refractivity contribution < 1.29 is 17.6 Å². The van der Waals surface area contributed by atoms with E-state index >= 15 is 0 Å². The number of nitrogens with one attached hydrogen (secondary N) is 1. The second-order valence-corrected chi connectivity index (χ2v) is 9.12. The molecule has 1 heterocycles. The Kier molecular flexibility index (Phi) is 5.94. The molecule has 1 saturated carbocycles. The van der Waals surface area contributed by atoms with Gasteiger partial charge in [0.05, 0.1) is 11.4 Å². The predicted molar refractivity (Wildman–Crippen MR) is 96.5 cm³/mol. The minimum absolute atomic E-state index is 0.000702. The Morgan fingerprint density at radius 2 is 1.88 bits per heavy atom. The number of nitrogens with zero attached hydrogens (tertiary/aromatic N) is 2. The molecule has 1 aromatic rings. The van der Waals surface area contributed by atoms with Crippen LogP contribution in [0.3, 0.4) is 0 Å². The highest BCUT2D eigenvalue weighted by molar-refractivity contribution is 7.89. The first-order valence-electron chi connectivity index (χ1n) is 9.14. The number of amides is 1. The number of hydrogen-bond donors (Lipinski definition) is 1. The van der Waals surface area contributed by atoms with E-state index in [4.69, 9.17) is 0 Å². The van der Waals surface area contributed by atoms with E-state index in [1.165, 1.54) is 29.3 Å². The van der Waals surface area contributed by atoms with E-state index in [9.17, 15) is 17.6 Å². The second-order valence-electron chi connectivity index (χ2n) is 7.18. The second kappa shape index (κ2) is 8.02. The Bertz CT molecular complexity index is 735. The average Bonchev–Trinajstić information content (AvgIpc) is 3.42. The van der Waals surface area contributed by atoms with E-state index in [0.29, 0.717) is 45.1 Å². The van der Waals surface area contributed by atoms with Gasteiger partial charge in [0.1, 0.15) is 5.82 Å². The molecule has 1 aliphatic heterocycles. The fraction of sp³-hybridized carbons (Fsp3) is 0.611. The van der Waals surface area contributed by atoms with Gasteiger partial charge in [0.25, 0.3) is 0 Å². The Morgan fingerprint density at radius 3 is 2.54 bits per heavy atom. The van der Waals surface area contributed by atoms with Crippen molar-refractivity contribution >= 4 is 15.9 Å². The topological polar surface area (TPSA) is 69.7 Å². The van der Waals surface area contributed by atoms with E-state index in [2.05, 4.69) is 5.32 Å². The molecule has 0 aromatic heterocycles. The normalized spacial score (nSPS) is 21.2. The molecule has 1 aromatic carbocycles. The lowest BCUT2D eigenvalue weighted by Gasteiger charge is -2.22. The van der Waals surface area contributed by atoms with E-state index in [0.717, 1.165) is 12.1 Å². The molecule has 1 saturated heterocycles. The minimum atomic E-state index is -3.64. The predicted octanol–water partition coefficient (Wildman–Crippen LogP) is 1.44. The molecule has 0 spiro atoms. The first kappa shape index (κ1) is 19.3. The van der Waals surface area contributed by atoms with Crippen molar-refractivity contribution in [2.45, 2.75) is 37.1 Å². The Morgan fingerprint density at radius 1 is 1.19 bits per heavy atom. The van der Waals surface area contributed by atoms with Gasteiger partial charge in [-0.15, -0.1) is 0 Å². The number of carbonyl (C=O) groups is 1. The SMILES string of the molecule is CC(NC(=O)CN1CCCN(S(=O)(=O)c2ccc(F)cc2)CC1)C1CC1. The Labute approximate surface area is 154 Å². The summed E-state index contributed by atoms with van der Waals surface area (Å²) in [7, 11) is -3.64. The van der Waals surface area contributed by atoms with Gasteiger partial charge in [0, 0.05) is 25.7 Å². The van der Waals surface area contributed by atoms with Gasteiger partial charge in [0.15, 0.2) is 0 Å². The quantitative estimate of drug-likeness (QED) is 0.807. The largest absolute Gasteiger partial charge is 0.352 e. The van der Waals surface area contributed by atoms with Gasteiger partial charge in [-0.3, -0.25) is 9.69 Å². The Balaban J connectivity index is 1.55. The number of hydrogen-bond acceptors (Lipinski definition) is 4. The summed E-state index contributed by atoms with van der Waals surface area (Å²) in [5.41, 5.74) is 0. The molecule has 8 heteroatoms. The van der Waals surface area contributed by atoms with E-state index < -0.39 is 15.8 Å². The number of halogens is 1. The summed E-state index contributed by atoms with van der Waals surface area (Å²) in [4.78, 5) is 14.3. The Hall–Kier alpha value is -1.51. The van der Waals surface area contributed by atoms with Crippen LogP contribution in [-0.2, 0) is 14.8 Å². The highest BCUT2D eigenvalue weighted by Crippen LogP contribution is 2.32. The maximum absolute atomic E-state index is 13.0. The molecule has 1 amide bonds. The molecule has 2 aliphatic rings. The van der Waals surface area contributed by atoms with Crippen LogP contribution in [0.1, 0.15) is 26.2 Å². The van der Waals surface area contributed by atoms with Gasteiger partial charge in [0.2, 0.25) is 15.9 Å². The summed E-state index contributed by atoms with van der Waals surface area (Å²) >= 11 is 0. The van der Waals surface area contributed by atoms with Gasteiger partial charge in [-0.25, -0.2) is 12.8 Å². The molecule has 1 atom stereocenters. The van der Waals surface area contributed by atoms with Crippen LogP contribution in [0.4, 0.5) is 4.39 Å². The fourth-order valence-corrected chi connectivity index (χ4v) is 4.79. The van der Waals surface area contributed by atoms with Crippen molar-refractivity contribution in [3.8, 4) is 0 Å². The maximum Gasteiger partial charge on any atom is 0.243 e. The minimum Gasteiger partial charge on any atom is -0.352 e. The highest BCUT2D eigenvalue weighted by Gasteiger charge is 2.30. The first-order chi connectivity index (χ1) is 12.4. The first-order valence-corrected chi connectivity index (χ1v) is 10.6. The average molecular weight is 383 g/mol. The van der Waals surface area contributed by atoms with Gasteiger partial charge in [-0.05, 0) is 62.9 Å². The zero-order chi connectivity index (χ0) is 18.7. The van der Waals surface area contributed by atoms with Crippen molar-refractivity contribution in [3.63, 3.8) is 0 Å². The molecule has 1 aliphatic carbocycles. The number of sulfonamides is 1. The highest BCUT2D eigenvalue weighted by atomic mass is 32.2. The van der Waals surface area contributed by atoms with Crippen LogP contribution in [0.5, 0.6) is 0 Å². The summed E-state index contributed by atoms with van der Waals surface area (Å²) in [5.74, 6) is 0.149. The smallest absolute Gasteiger partial charge is 0.243 e. The van der Waals surface area contributed by atoms with Crippen LogP contribution in [0.2, 0.25) is 0 Å². The monoisotopic (exact) mass is 383 g/mol. The summed E-state index contributed by atoms with van der Waals surface area (Å²) in [6.45, 7) is 4.24. The lowest BCUT2D eigenvalue weighted by Crippen LogP contribution is -2.43. The molecular formula is C18H26FN3O3S. The maximum atomic E-state index is 13.0. The molecule has 6 nitrogen and oxygen atoms in total. The van der Waals surface area contributed by atoms with Gasteiger partial charge >= 0.3 is 0 Å². The van der Waals surface area contributed by atoms with Crippen LogP contribution < -0.4 is 5.32 Å². The molecule has 26 heavy (non-hydrogen) atoms. The third-order valence-corrected chi connectivity index (χ3v) is 7.00. The van der Waals surface area contributed by atoms with Gasteiger partial charge in [-0.1, -0.05) is 0 Å². The third-order valence-electron chi connectivity index (χ3n) is 5.08. The lowest BCUT2D eigenvalue weighted by atomic mass is 10.2. The van der Waals surface area contributed by atoms with E-state index in [1.807, 2.05) is 11.8 Å². The van der Waals surface area contributed by atoms with Crippen LogP contribution >= 0.6 is 0 Å². The van der Waals surface area contributed by atoms with Crippen LogP contribution in [0.25, 0.3) is 0 Å². The van der Waals surface area contributed by atoms with Crippen LogP contribution in [-0.4, -0.2) is 62.3 Å². The summed E-state index contributed by atoms with van der Waals surface area (Å²) in [6, 6.07) is 5.11. The molecule has 1 N–H and O–H groups in total. The molecule has 0 bridgehead atoms. The van der Waals surface area contributed by atoms with Crippen molar-refractivity contribution in [1.82, 2.24) is 14.5 Å². The third kappa shape index (κ3) is 4.81. The molecule has 2 fully saturated rings. The number of benzene rings is 1. The molecular weight excluding hydrogens is 357 g/mol. The van der Waals surface area contributed by atoms with Crippen molar-refractivity contribution in [1.29, 1.82) is 0 Å². The molecule has 0 radical (unpaired) electrons. The van der Waals surface area contributed by atoms with Crippen molar-refractivity contribution in [2.75, 3.05) is 32.7 Å². The molecule has 3 rings (SSSR count). The van der Waals surface area contributed by atoms with E-state index in [1.54, 1.807) is 0 Å². The van der Waals surface area contributed by atoms with Crippen molar-refractivity contribution in [2.24, 2.45) is 5.92 Å². The summed E-state index contributed by atoms with van der Waals surface area (Å²) < 4.78 is 39.9. The van der Waals surface area contributed by atoms with Crippen molar-refractivity contribution in [3.05, 3.63) is 30.1 Å². The van der Waals surface area contributed by atoms with E-state index in [-0.39, 0.29) is 16.8 Å². The van der Waals surface area contributed by atoms with Crippen LogP contribution in [0.15, 0.2) is 29.2 Å². The summed E-state index contributed by atoms with van der Waals surface area (Å²) in [5, 5.41) is 3.03. The van der Waals surface area contributed by atoms with Crippen LogP contribution in [0, 0.1) is 11.7 Å². The molecule has 144 valence electrons. The van der Waals surface area contributed by atoms with Gasteiger partial charge in [-0.2, -0.15) is 4.31 Å². The zero-order valence-electron chi connectivity index (χ0n) is 15.0. The fourth-order valence-electron chi connectivity index (χ4n) is 3.32.